The summed E-state index contributed by atoms with van der Waals surface area (Å²) in [6.45, 7) is 0.108. The summed E-state index contributed by atoms with van der Waals surface area (Å²) >= 11 is 7.52. The van der Waals surface area contributed by atoms with E-state index in [1.165, 1.54) is 16.7 Å². The molecule has 1 amide bonds. The predicted molar refractivity (Wildman–Crippen MR) is 92.3 cm³/mol. The van der Waals surface area contributed by atoms with E-state index in [0.717, 1.165) is 11.3 Å². The van der Waals surface area contributed by atoms with Crippen molar-refractivity contribution in [2.24, 2.45) is 11.1 Å². The van der Waals surface area contributed by atoms with E-state index in [1.807, 2.05) is 24.3 Å². The monoisotopic (exact) mass is 370 g/mol. The molecule has 4 atom stereocenters. The van der Waals surface area contributed by atoms with Crippen molar-refractivity contribution in [2.45, 2.75) is 23.1 Å². The van der Waals surface area contributed by atoms with Crippen LogP contribution < -0.4 is 10.5 Å². The van der Waals surface area contributed by atoms with Crippen molar-refractivity contribution in [3.63, 3.8) is 0 Å². The summed E-state index contributed by atoms with van der Waals surface area (Å²) in [5.74, 6) is -0.488. The Kier molecular flexibility index (Phi) is 4.68. The number of nitrogens with zero attached hydrogens (tertiary/aromatic N) is 1. The Hall–Kier alpha value is -1.44. The van der Waals surface area contributed by atoms with E-state index < -0.39 is 17.4 Å². The number of amides is 1. The molecular weight excluding hydrogens is 352 g/mol. The molecule has 2 heterocycles. The molecular formula is C16H19ClN2O4S. The number of hydrogen-bond donors (Lipinski definition) is 2. The lowest BCUT2D eigenvalue weighted by Gasteiger charge is -2.55. The number of carbonyl (C=O) groups is 2. The van der Waals surface area contributed by atoms with E-state index >= 15 is 0 Å². The molecule has 0 spiro atoms. The van der Waals surface area contributed by atoms with Gasteiger partial charge in [-0.15, -0.1) is 23.4 Å². The summed E-state index contributed by atoms with van der Waals surface area (Å²) in [4.78, 5) is 25.4. The zero-order valence-electron chi connectivity index (χ0n) is 13.1. The molecule has 0 radical (unpaired) electrons. The Balaban J connectivity index is 1.86. The smallest absolute Gasteiger partial charge is 0.313 e. The summed E-state index contributed by atoms with van der Waals surface area (Å²) in [5.41, 5.74) is 5.68. The highest BCUT2D eigenvalue weighted by atomic mass is 35.5. The van der Waals surface area contributed by atoms with E-state index in [1.54, 1.807) is 7.11 Å². The van der Waals surface area contributed by atoms with Gasteiger partial charge in [-0.2, -0.15) is 0 Å². The molecule has 2 fully saturated rings. The minimum absolute atomic E-state index is 0.0537. The Morgan fingerprint density at radius 3 is 2.71 bits per heavy atom. The molecule has 3 N–H and O–H groups in total. The van der Waals surface area contributed by atoms with Gasteiger partial charge in [-0.3, -0.25) is 9.59 Å². The van der Waals surface area contributed by atoms with E-state index in [9.17, 15) is 14.7 Å². The quantitative estimate of drug-likeness (QED) is 0.596. The fourth-order valence-electron chi connectivity index (χ4n) is 3.19. The summed E-state index contributed by atoms with van der Waals surface area (Å²) < 4.78 is 5.14. The molecule has 8 heteroatoms. The largest absolute Gasteiger partial charge is 0.497 e. The SMILES string of the molecule is COc1ccc(CC2S[C@@H]3C(N)C(=O)N3CC2(CCl)C(=O)O)cc1. The molecule has 1 aromatic carbocycles. The number of ether oxygens (including phenoxy) is 1. The van der Waals surface area contributed by atoms with Gasteiger partial charge < -0.3 is 20.5 Å². The van der Waals surface area contributed by atoms with Crippen molar-refractivity contribution >= 4 is 35.2 Å². The first-order valence-corrected chi connectivity index (χ1v) is 9.04. The third kappa shape index (κ3) is 2.64. The first-order valence-electron chi connectivity index (χ1n) is 7.57. The summed E-state index contributed by atoms with van der Waals surface area (Å²) in [6, 6.07) is 6.96. The molecule has 3 unspecified atom stereocenters. The topological polar surface area (TPSA) is 92.9 Å². The number of carboxylic acid groups (broad SMARTS) is 1. The van der Waals surface area contributed by atoms with Crippen LogP contribution in [-0.2, 0) is 16.0 Å². The average Bonchev–Trinajstić information content (AvgIpc) is 2.61. The van der Waals surface area contributed by atoms with Crippen LogP contribution >= 0.6 is 23.4 Å². The van der Waals surface area contributed by atoms with E-state index in [-0.39, 0.29) is 29.0 Å². The Morgan fingerprint density at radius 1 is 1.50 bits per heavy atom. The maximum atomic E-state index is 12.0. The lowest BCUT2D eigenvalue weighted by molar-refractivity contribution is -0.157. The van der Waals surface area contributed by atoms with Crippen molar-refractivity contribution in [2.75, 3.05) is 19.5 Å². The number of β-lactam (4-membered cyclic amide) rings is 1. The number of alkyl halides is 1. The third-order valence-electron chi connectivity index (χ3n) is 4.80. The van der Waals surface area contributed by atoms with Crippen LogP contribution in [0.25, 0.3) is 0 Å². The normalized spacial score (nSPS) is 32.0. The minimum Gasteiger partial charge on any atom is -0.497 e. The second-order valence-corrected chi connectivity index (χ2v) is 7.75. The molecule has 6 nitrogen and oxygen atoms in total. The molecule has 2 saturated heterocycles. The number of aliphatic carboxylic acids is 1. The van der Waals surface area contributed by atoms with Gasteiger partial charge in [-0.25, -0.2) is 0 Å². The molecule has 3 rings (SSSR count). The van der Waals surface area contributed by atoms with Gasteiger partial charge in [0.15, 0.2) is 0 Å². The van der Waals surface area contributed by atoms with Crippen LogP contribution in [0.15, 0.2) is 24.3 Å². The number of halogens is 1. The maximum absolute atomic E-state index is 12.0. The van der Waals surface area contributed by atoms with Crippen molar-refractivity contribution in [1.29, 1.82) is 0 Å². The number of nitrogens with two attached hydrogens (primary N) is 1. The average molecular weight is 371 g/mol. The van der Waals surface area contributed by atoms with Crippen molar-refractivity contribution < 1.29 is 19.4 Å². The van der Waals surface area contributed by atoms with Crippen molar-refractivity contribution in [1.82, 2.24) is 4.90 Å². The number of benzene rings is 1. The Bertz CT molecular complexity index is 656. The number of methoxy groups -OCH3 is 1. The van der Waals surface area contributed by atoms with Gasteiger partial charge in [-0.05, 0) is 24.1 Å². The van der Waals surface area contributed by atoms with Gasteiger partial charge in [-0.1, -0.05) is 12.1 Å². The number of fused-ring (bicyclic) bond motifs is 1. The molecule has 2 aliphatic rings. The van der Waals surface area contributed by atoms with Gasteiger partial charge in [0, 0.05) is 17.7 Å². The minimum atomic E-state index is -1.18. The van der Waals surface area contributed by atoms with Gasteiger partial charge >= 0.3 is 5.97 Å². The highest BCUT2D eigenvalue weighted by Crippen LogP contribution is 2.48. The number of rotatable bonds is 5. The maximum Gasteiger partial charge on any atom is 0.313 e. The van der Waals surface area contributed by atoms with E-state index in [0.29, 0.717) is 6.42 Å². The molecule has 130 valence electrons. The van der Waals surface area contributed by atoms with E-state index in [4.69, 9.17) is 22.1 Å². The summed E-state index contributed by atoms with van der Waals surface area (Å²) in [6.07, 6.45) is 0.541. The molecule has 0 aliphatic carbocycles. The van der Waals surface area contributed by atoms with Crippen molar-refractivity contribution in [3.8, 4) is 5.75 Å². The fraction of sp³-hybridized carbons (Fsp3) is 0.500. The molecule has 0 saturated carbocycles. The van der Waals surface area contributed by atoms with Gasteiger partial charge in [0.2, 0.25) is 5.91 Å². The molecule has 2 aliphatic heterocycles. The van der Waals surface area contributed by atoms with Crippen LogP contribution in [0.2, 0.25) is 0 Å². The molecule has 0 bridgehead atoms. The summed E-state index contributed by atoms with van der Waals surface area (Å²) in [5, 5.41) is 9.38. The first kappa shape index (κ1) is 17.4. The van der Waals surface area contributed by atoms with Gasteiger partial charge in [0.1, 0.15) is 22.6 Å². The van der Waals surface area contributed by atoms with Gasteiger partial charge in [0.05, 0.1) is 7.11 Å². The van der Waals surface area contributed by atoms with Crippen LogP contribution in [-0.4, -0.2) is 58.1 Å². The highest BCUT2D eigenvalue weighted by molar-refractivity contribution is 8.00. The summed E-state index contributed by atoms with van der Waals surface area (Å²) in [7, 11) is 1.60. The second kappa shape index (κ2) is 6.46. The molecule has 24 heavy (non-hydrogen) atoms. The van der Waals surface area contributed by atoms with Crippen LogP contribution in [0.3, 0.4) is 0 Å². The van der Waals surface area contributed by atoms with Crippen LogP contribution in [0.1, 0.15) is 5.56 Å². The number of carboxylic acids is 1. The van der Waals surface area contributed by atoms with Crippen LogP contribution in [0.4, 0.5) is 0 Å². The fourth-order valence-corrected chi connectivity index (χ4v) is 5.42. The third-order valence-corrected chi connectivity index (χ3v) is 7.05. The number of thioether (sulfide) groups is 1. The van der Waals surface area contributed by atoms with E-state index in [2.05, 4.69) is 0 Å². The Labute approximate surface area is 149 Å². The zero-order valence-corrected chi connectivity index (χ0v) is 14.7. The first-order chi connectivity index (χ1) is 11.4. The van der Waals surface area contributed by atoms with Crippen molar-refractivity contribution in [3.05, 3.63) is 29.8 Å². The van der Waals surface area contributed by atoms with Crippen LogP contribution in [0, 0.1) is 5.41 Å². The lowest BCUT2D eigenvalue weighted by Crippen LogP contribution is -2.74. The zero-order chi connectivity index (χ0) is 17.5. The van der Waals surface area contributed by atoms with Gasteiger partial charge in [0.25, 0.3) is 0 Å². The predicted octanol–water partition coefficient (Wildman–Crippen LogP) is 1.16. The molecule has 1 aromatic rings. The number of carbonyl (C=O) groups excluding carboxylic acids is 1. The highest BCUT2D eigenvalue weighted by Gasteiger charge is 2.59. The molecule has 0 aromatic heterocycles. The second-order valence-electron chi connectivity index (χ2n) is 6.15. The Morgan fingerprint density at radius 2 is 2.17 bits per heavy atom. The number of hydrogen-bond acceptors (Lipinski definition) is 5. The standard InChI is InChI=1S/C16H19ClN2O4S/c1-23-10-4-2-9(3-5-10)6-11-16(7-17,15(21)22)8-19-13(20)12(18)14(19)24-11/h2-5,11-12,14H,6-8,18H2,1H3,(H,21,22)/t11?,12?,14-,16?/m1/s1. The lowest BCUT2D eigenvalue weighted by atomic mass is 9.81. The van der Waals surface area contributed by atoms with Crippen LogP contribution in [0.5, 0.6) is 5.75 Å².